The summed E-state index contributed by atoms with van der Waals surface area (Å²) in [6.45, 7) is 1.79. The number of aromatic nitrogens is 3. The van der Waals surface area contributed by atoms with E-state index in [2.05, 4.69) is 24.8 Å². The third-order valence-electron chi connectivity index (χ3n) is 6.34. The lowest BCUT2D eigenvalue weighted by molar-refractivity contribution is -0.135. The van der Waals surface area contributed by atoms with Crippen LogP contribution in [0.4, 0.5) is 5.82 Å². The summed E-state index contributed by atoms with van der Waals surface area (Å²) in [4.78, 5) is 29.5. The van der Waals surface area contributed by atoms with Crippen LogP contribution in [-0.2, 0) is 4.79 Å². The molecule has 1 saturated carbocycles. The number of anilines is 1. The van der Waals surface area contributed by atoms with Gasteiger partial charge < -0.3 is 14.8 Å². The second kappa shape index (κ2) is 6.00. The van der Waals surface area contributed by atoms with E-state index in [1.165, 1.54) is 25.7 Å². The number of carbonyl (C=O) groups excluding carboxylic acids is 1. The van der Waals surface area contributed by atoms with Crippen LogP contribution in [0.5, 0.6) is 0 Å². The predicted molar refractivity (Wildman–Crippen MR) is 96.3 cm³/mol. The van der Waals surface area contributed by atoms with Gasteiger partial charge in [0.15, 0.2) is 0 Å². The van der Waals surface area contributed by atoms with E-state index < -0.39 is 0 Å². The average Bonchev–Trinajstić information content (AvgIpc) is 3.34. The largest absolute Gasteiger partial charge is 0.352 e. The third kappa shape index (κ3) is 2.58. The second-order valence-corrected chi connectivity index (χ2v) is 7.88. The van der Waals surface area contributed by atoms with Crippen LogP contribution in [-0.4, -0.2) is 50.9 Å². The topological polar surface area (TPSA) is 65.1 Å². The van der Waals surface area contributed by atoms with Gasteiger partial charge >= 0.3 is 0 Å². The first kappa shape index (κ1) is 15.2. The van der Waals surface area contributed by atoms with E-state index in [9.17, 15) is 4.79 Å². The smallest absolute Gasteiger partial charge is 0.223 e. The molecule has 1 N–H and O–H groups in total. The fourth-order valence-corrected chi connectivity index (χ4v) is 5.16. The Balaban J connectivity index is 1.34. The molecule has 1 amide bonds. The molecular weight excluding hydrogens is 314 g/mol. The maximum Gasteiger partial charge on any atom is 0.223 e. The van der Waals surface area contributed by atoms with E-state index in [-0.39, 0.29) is 0 Å². The molecule has 5 rings (SSSR count). The van der Waals surface area contributed by atoms with Gasteiger partial charge in [0.05, 0.1) is 5.39 Å². The molecule has 0 aromatic carbocycles. The Morgan fingerprint density at radius 2 is 1.88 bits per heavy atom. The van der Waals surface area contributed by atoms with Crippen molar-refractivity contribution in [2.45, 2.75) is 57.0 Å². The summed E-state index contributed by atoms with van der Waals surface area (Å²) in [6, 6.07) is 2.73. The fraction of sp³-hybridized carbons (Fsp3) is 0.632. The summed E-state index contributed by atoms with van der Waals surface area (Å²) in [5, 5.41) is 1.08. The van der Waals surface area contributed by atoms with Gasteiger partial charge in [0.1, 0.15) is 17.8 Å². The highest BCUT2D eigenvalue weighted by atomic mass is 16.2. The molecular formula is C19H25N5O. The Bertz CT molecular complexity index is 767. The molecule has 6 heteroatoms. The van der Waals surface area contributed by atoms with Gasteiger partial charge in [0.25, 0.3) is 0 Å². The lowest BCUT2D eigenvalue weighted by Crippen LogP contribution is -2.56. The molecule has 2 aliphatic heterocycles. The number of aromatic amines is 1. The lowest BCUT2D eigenvalue weighted by atomic mass is 10.0. The molecule has 3 fully saturated rings. The van der Waals surface area contributed by atoms with Gasteiger partial charge in [-0.3, -0.25) is 4.79 Å². The van der Waals surface area contributed by atoms with E-state index in [4.69, 9.17) is 0 Å². The number of H-pyrrole nitrogens is 1. The van der Waals surface area contributed by atoms with Crippen LogP contribution in [0.15, 0.2) is 18.6 Å². The number of hydrogen-bond acceptors (Lipinski definition) is 4. The van der Waals surface area contributed by atoms with Crippen LogP contribution < -0.4 is 4.90 Å². The second-order valence-electron chi connectivity index (χ2n) is 7.88. The number of nitrogens with one attached hydrogen (secondary N) is 1. The van der Waals surface area contributed by atoms with Crippen molar-refractivity contribution in [1.82, 2.24) is 19.9 Å². The molecule has 2 aromatic heterocycles. The molecule has 2 aromatic rings. The quantitative estimate of drug-likeness (QED) is 0.934. The van der Waals surface area contributed by atoms with Crippen LogP contribution in [0.2, 0.25) is 0 Å². The first-order valence-electron chi connectivity index (χ1n) is 9.64. The molecule has 2 bridgehead atoms. The minimum atomic E-state index is 0.344. The summed E-state index contributed by atoms with van der Waals surface area (Å²) in [5.41, 5.74) is 0.886. The monoisotopic (exact) mass is 339 g/mol. The standard InChI is InChI=1S/C19H25N5O/c25-17(9-13-3-1-2-4-13)24-14-5-6-15(24)11-23(10-14)19-16-7-8-20-18(16)21-12-22-19/h7-8,12-15H,1-6,9-11H2,(H,20,21,22)/t14-,15+. The van der Waals surface area contributed by atoms with Crippen LogP contribution in [0.25, 0.3) is 11.0 Å². The SMILES string of the molecule is O=C(CC1CCCC1)N1[C@@H]2CC[C@H]1CN(c1ncnc3[nH]ccc13)C2. The van der Waals surface area contributed by atoms with Crippen molar-refractivity contribution in [1.29, 1.82) is 0 Å². The fourth-order valence-electron chi connectivity index (χ4n) is 5.16. The van der Waals surface area contributed by atoms with Crippen molar-refractivity contribution >= 4 is 22.8 Å². The number of amides is 1. The summed E-state index contributed by atoms with van der Waals surface area (Å²) in [7, 11) is 0. The van der Waals surface area contributed by atoms with Gasteiger partial charge in [0, 0.05) is 37.8 Å². The number of nitrogens with zero attached hydrogens (tertiary/aromatic N) is 4. The lowest BCUT2D eigenvalue weighted by Gasteiger charge is -2.42. The van der Waals surface area contributed by atoms with Gasteiger partial charge in [-0.2, -0.15) is 0 Å². The maximum absolute atomic E-state index is 12.9. The number of piperazine rings is 1. The van der Waals surface area contributed by atoms with E-state index in [1.807, 2.05) is 12.3 Å². The third-order valence-corrected chi connectivity index (χ3v) is 6.34. The normalized spacial score (nSPS) is 26.7. The van der Waals surface area contributed by atoms with Gasteiger partial charge in [-0.05, 0) is 37.7 Å². The number of carbonyl (C=O) groups is 1. The average molecular weight is 339 g/mol. The number of hydrogen-bond donors (Lipinski definition) is 1. The van der Waals surface area contributed by atoms with Crippen LogP contribution in [0, 0.1) is 5.92 Å². The first-order chi connectivity index (χ1) is 12.3. The molecule has 0 unspecified atom stereocenters. The van der Waals surface area contributed by atoms with Crippen molar-refractivity contribution in [2.24, 2.45) is 5.92 Å². The molecule has 2 atom stereocenters. The molecule has 1 aliphatic carbocycles. The maximum atomic E-state index is 12.9. The molecule has 0 spiro atoms. The van der Waals surface area contributed by atoms with Gasteiger partial charge in [-0.25, -0.2) is 9.97 Å². The highest BCUT2D eigenvalue weighted by Gasteiger charge is 2.43. The summed E-state index contributed by atoms with van der Waals surface area (Å²) in [5.74, 6) is 2.03. The highest BCUT2D eigenvalue weighted by molar-refractivity contribution is 5.87. The van der Waals surface area contributed by atoms with Gasteiger partial charge in [0.2, 0.25) is 5.91 Å². The van der Waals surface area contributed by atoms with Crippen molar-refractivity contribution in [3.63, 3.8) is 0 Å². The zero-order valence-corrected chi connectivity index (χ0v) is 14.5. The first-order valence-corrected chi connectivity index (χ1v) is 9.64. The van der Waals surface area contributed by atoms with Crippen LogP contribution >= 0.6 is 0 Å². The summed E-state index contributed by atoms with van der Waals surface area (Å²) < 4.78 is 0. The van der Waals surface area contributed by atoms with E-state index in [0.717, 1.165) is 49.2 Å². The van der Waals surface area contributed by atoms with Gasteiger partial charge in [-0.15, -0.1) is 0 Å². The van der Waals surface area contributed by atoms with Crippen molar-refractivity contribution in [2.75, 3.05) is 18.0 Å². The van der Waals surface area contributed by atoms with Crippen molar-refractivity contribution < 1.29 is 4.79 Å². The molecule has 2 saturated heterocycles. The van der Waals surface area contributed by atoms with E-state index >= 15 is 0 Å². The molecule has 6 nitrogen and oxygen atoms in total. The van der Waals surface area contributed by atoms with Crippen molar-refractivity contribution in [3.8, 4) is 0 Å². The van der Waals surface area contributed by atoms with Crippen LogP contribution in [0.1, 0.15) is 44.9 Å². The predicted octanol–water partition coefficient (Wildman–Crippen LogP) is 2.72. The summed E-state index contributed by atoms with van der Waals surface area (Å²) >= 11 is 0. The van der Waals surface area contributed by atoms with Gasteiger partial charge in [-0.1, -0.05) is 12.8 Å². The molecule has 25 heavy (non-hydrogen) atoms. The Labute approximate surface area is 147 Å². The molecule has 3 aliphatic rings. The Kier molecular flexibility index (Phi) is 3.64. The minimum Gasteiger partial charge on any atom is -0.352 e. The highest BCUT2D eigenvalue weighted by Crippen LogP contribution is 2.36. The minimum absolute atomic E-state index is 0.344. The van der Waals surface area contributed by atoms with E-state index in [0.29, 0.717) is 23.9 Å². The Morgan fingerprint density at radius 3 is 2.64 bits per heavy atom. The van der Waals surface area contributed by atoms with E-state index in [1.54, 1.807) is 6.33 Å². The Morgan fingerprint density at radius 1 is 1.12 bits per heavy atom. The Hall–Kier alpha value is -2.11. The number of rotatable bonds is 3. The molecule has 0 radical (unpaired) electrons. The summed E-state index contributed by atoms with van der Waals surface area (Å²) in [6.07, 6.45) is 11.7. The molecule has 132 valence electrons. The zero-order chi connectivity index (χ0) is 16.8. The number of fused-ring (bicyclic) bond motifs is 3. The molecule has 4 heterocycles. The zero-order valence-electron chi connectivity index (χ0n) is 14.5. The van der Waals surface area contributed by atoms with Crippen molar-refractivity contribution in [3.05, 3.63) is 18.6 Å². The van der Waals surface area contributed by atoms with Crippen LogP contribution in [0.3, 0.4) is 0 Å².